The van der Waals surface area contributed by atoms with E-state index in [4.69, 9.17) is 5.11 Å². The van der Waals surface area contributed by atoms with Gasteiger partial charge in [-0.15, -0.1) is 0 Å². The molecular formula is C14H23N3O4S. The van der Waals surface area contributed by atoms with Gasteiger partial charge in [-0.3, -0.25) is 9.48 Å². The number of hydrogen-bond acceptors (Lipinski definition) is 4. The summed E-state index contributed by atoms with van der Waals surface area (Å²) < 4.78 is 28.4. The molecule has 1 heterocycles. The molecule has 0 radical (unpaired) electrons. The van der Waals surface area contributed by atoms with Gasteiger partial charge in [0.1, 0.15) is 6.54 Å². The molecule has 0 aliphatic heterocycles. The number of fused-ring (bicyclic) bond motifs is 1. The van der Waals surface area contributed by atoms with Gasteiger partial charge in [0.25, 0.3) is 10.0 Å². The highest BCUT2D eigenvalue weighted by Crippen LogP contribution is 2.30. The van der Waals surface area contributed by atoms with Crippen molar-refractivity contribution in [3.05, 3.63) is 11.3 Å². The van der Waals surface area contributed by atoms with Crippen molar-refractivity contribution < 1.29 is 18.3 Å². The van der Waals surface area contributed by atoms with Crippen LogP contribution in [0.25, 0.3) is 0 Å². The molecule has 1 aromatic rings. The summed E-state index contributed by atoms with van der Waals surface area (Å²) in [6, 6.07) is 0. The van der Waals surface area contributed by atoms with Gasteiger partial charge in [-0.2, -0.15) is 9.40 Å². The molecule has 7 nitrogen and oxygen atoms in total. The molecule has 1 aliphatic carbocycles. The van der Waals surface area contributed by atoms with Crippen molar-refractivity contribution in [3.8, 4) is 0 Å². The van der Waals surface area contributed by atoms with Crippen molar-refractivity contribution in [1.82, 2.24) is 14.1 Å². The van der Waals surface area contributed by atoms with Gasteiger partial charge in [-0.1, -0.05) is 20.8 Å². The third-order valence-corrected chi connectivity index (χ3v) is 5.50. The minimum absolute atomic E-state index is 0.140. The highest BCUT2D eigenvalue weighted by Gasteiger charge is 2.36. The third kappa shape index (κ3) is 3.33. The molecular weight excluding hydrogens is 306 g/mol. The SMILES string of the molecule is Cn1nc2c(c1S(=O)(=O)N(CC(=O)O)CC(C)(C)C)CCC2. The number of hydrogen-bond donors (Lipinski definition) is 1. The van der Waals surface area contributed by atoms with E-state index >= 15 is 0 Å². The lowest BCUT2D eigenvalue weighted by Crippen LogP contribution is -2.41. The second-order valence-corrected chi connectivity index (χ2v) is 8.79. The highest BCUT2D eigenvalue weighted by atomic mass is 32.2. The van der Waals surface area contributed by atoms with Crippen molar-refractivity contribution in [3.63, 3.8) is 0 Å². The molecule has 0 saturated heterocycles. The Morgan fingerprint density at radius 2 is 2.00 bits per heavy atom. The summed E-state index contributed by atoms with van der Waals surface area (Å²) in [4.78, 5) is 11.1. The Morgan fingerprint density at radius 3 is 2.55 bits per heavy atom. The van der Waals surface area contributed by atoms with E-state index in [2.05, 4.69) is 5.10 Å². The Morgan fingerprint density at radius 1 is 1.36 bits per heavy atom. The van der Waals surface area contributed by atoms with Gasteiger partial charge in [0.05, 0.1) is 5.69 Å². The summed E-state index contributed by atoms with van der Waals surface area (Å²) in [5.74, 6) is -1.16. The first-order valence-electron chi connectivity index (χ1n) is 7.29. The van der Waals surface area contributed by atoms with Gasteiger partial charge in [0.2, 0.25) is 0 Å². The van der Waals surface area contributed by atoms with Crippen molar-refractivity contribution in [2.45, 2.75) is 45.1 Å². The molecule has 2 rings (SSSR count). The number of aliphatic carboxylic acids is 1. The Kier molecular flexibility index (Phi) is 4.36. The summed E-state index contributed by atoms with van der Waals surface area (Å²) in [5, 5.41) is 13.5. The van der Waals surface area contributed by atoms with Crippen LogP contribution < -0.4 is 0 Å². The van der Waals surface area contributed by atoms with Gasteiger partial charge in [-0.05, 0) is 24.7 Å². The first-order chi connectivity index (χ1) is 10.0. The van der Waals surface area contributed by atoms with E-state index in [9.17, 15) is 13.2 Å². The minimum Gasteiger partial charge on any atom is -0.480 e. The number of aryl methyl sites for hydroxylation is 2. The van der Waals surface area contributed by atoms with Gasteiger partial charge in [0.15, 0.2) is 5.03 Å². The second kappa shape index (κ2) is 5.66. The lowest BCUT2D eigenvalue weighted by atomic mass is 9.97. The van der Waals surface area contributed by atoms with Crippen molar-refractivity contribution in [2.24, 2.45) is 12.5 Å². The summed E-state index contributed by atoms with van der Waals surface area (Å²) in [6.07, 6.45) is 2.34. The summed E-state index contributed by atoms with van der Waals surface area (Å²) in [7, 11) is -2.29. The molecule has 124 valence electrons. The Hall–Kier alpha value is -1.41. The number of carbonyl (C=O) groups is 1. The molecule has 0 aromatic carbocycles. The van der Waals surface area contributed by atoms with Crippen LogP contribution in [0.5, 0.6) is 0 Å². The molecule has 1 N–H and O–H groups in total. The number of carboxylic acids is 1. The van der Waals surface area contributed by atoms with Crippen molar-refractivity contribution in [2.75, 3.05) is 13.1 Å². The maximum Gasteiger partial charge on any atom is 0.318 e. The topological polar surface area (TPSA) is 92.5 Å². The fourth-order valence-corrected chi connectivity index (χ4v) is 4.83. The maximum atomic E-state index is 13.0. The molecule has 1 aromatic heterocycles. The number of nitrogens with zero attached hydrogens (tertiary/aromatic N) is 3. The van der Waals surface area contributed by atoms with Crippen LogP contribution in [0.3, 0.4) is 0 Å². The average molecular weight is 329 g/mol. The predicted molar refractivity (Wildman–Crippen MR) is 81.1 cm³/mol. The minimum atomic E-state index is -3.89. The molecule has 22 heavy (non-hydrogen) atoms. The van der Waals surface area contributed by atoms with Crippen LogP contribution in [0.2, 0.25) is 0 Å². The summed E-state index contributed by atoms with van der Waals surface area (Å²) >= 11 is 0. The first-order valence-corrected chi connectivity index (χ1v) is 8.73. The smallest absolute Gasteiger partial charge is 0.318 e. The molecule has 0 unspecified atom stereocenters. The number of sulfonamides is 1. The monoisotopic (exact) mass is 329 g/mol. The van der Waals surface area contributed by atoms with E-state index in [0.29, 0.717) is 6.42 Å². The van der Waals surface area contributed by atoms with E-state index < -0.39 is 22.5 Å². The molecule has 0 spiro atoms. The summed E-state index contributed by atoms with van der Waals surface area (Å²) in [6.45, 7) is 5.24. The van der Waals surface area contributed by atoms with Crippen LogP contribution in [0.4, 0.5) is 0 Å². The zero-order valence-electron chi connectivity index (χ0n) is 13.5. The predicted octanol–water partition coefficient (Wildman–Crippen LogP) is 1.03. The molecule has 0 atom stereocenters. The van der Waals surface area contributed by atoms with E-state index in [1.807, 2.05) is 20.8 Å². The number of aromatic nitrogens is 2. The summed E-state index contributed by atoms with van der Waals surface area (Å²) in [5.41, 5.74) is 1.21. The van der Waals surface area contributed by atoms with Crippen molar-refractivity contribution >= 4 is 16.0 Å². The molecule has 0 fully saturated rings. The van der Waals surface area contributed by atoms with E-state index in [-0.39, 0.29) is 17.0 Å². The largest absolute Gasteiger partial charge is 0.480 e. The normalized spacial score (nSPS) is 15.3. The first kappa shape index (κ1) is 17.0. The molecule has 8 heteroatoms. The van der Waals surface area contributed by atoms with Gasteiger partial charge in [-0.25, -0.2) is 8.42 Å². The number of carboxylic acid groups (broad SMARTS) is 1. The van der Waals surface area contributed by atoms with Gasteiger partial charge < -0.3 is 5.11 Å². The zero-order chi connectivity index (χ0) is 16.7. The third-order valence-electron chi connectivity index (χ3n) is 3.56. The second-order valence-electron chi connectivity index (χ2n) is 6.94. The molecule has 0 amide bonds. The standard InChI is InChI=1S/C14H23N3O4S/c1-14(2,3)9-17(8-12(18)19)22(20,21)13-10-6-5-7-11(10)15-16(13)4/h5-9H2,1-4H3,(H,18,19). The highest BCUT2D eigenvalue weighted by molar-refractivity contribution is 7.89. The average Bonchev–Trinajstić information content (AvgIpc) is 2.84. The lowest BCUT2D eigenvalue weighted by molar-refractivity contribution is -0.137. The molecule has 0 bridgehead atoms. The zero-order valence-corrected chi connectivity index (χ0v) is 14.3. The Labute approximate surface area is 131 Å². The molecule has 1 aliphatic rings. The van der Waals surface area contributed by atoms with Crippen LogP contribution >= 0.6 is 0 Å². The Bertz CT molecular complexity index is 686. The van der Waals surface area contributed by atoms with Crippen LogP contribution in [-0.4, -0.2) is 46.7 Å². The Balaban J connectivity index is 2.47. The fraction of sp³-hybridized carbons (Fsp3) is 0.714. The van der Waals surface area contributed by atoms with E-state index in [1.54, 1.807) is 7.05 Å². The quantitative estimate of drug-likeness (QED) is 0.871. The van der Waals surface area contributed by atoms with E-state index in [0.717, 1.165) is 28.4 Å². The number of rotatable bonds is 5. The van der Waals surface area contributed by atoms with Crippen LogP contribution in [-0.2, 0) is 34.7 Å². The van der Waals surface area contributed by atoms with Crippen LogP contribution in [0.15, 0.2) is 5.03 Å². The van der Waals surface area contributed by atoms with E-state index in [1.165, 1.54) is 4.68 Å². The van der Waals surface area contributed by atoms with Crippen molar-refractivity contribution in [1.29, 1.82) is 0 Å². The van der Waals surface area contributed by atoms with Crippen LogP contribution in [0.1, 0.15) is 38.4 Å². The fourth-order valence-electron chi connectivity index (χ4n) is 2.84. The molecule has 0 saturated carbocycles. The maximum absolute atomic E-state index is 13.0. The van der Waals surface area contributed by atoms with Gasteiger partial charge >= 0.3 is 5.97 Å². The van der Waals surface area contributed by atoms with Crippen LogP contribution in [0, 0.1) is 5.41 Å². The lowest BCUT2D eigenvalue weighted by Gasteiger charge is -2.28. The van der Waals surface area contributed by atoms with Gasteiger partial charge in [0, 0.05) is 19.2 Å².